The van der Waals surface area contributed by atoms with Crippen LogP contribution in [-0.2, 0) is 17.9 Å². The first-order valence-electron chi connectivity index (χ1n) is 9.08. The minimum absolute atomic E-state index is 0.105. The molecule has 0 bridgehead atoms. The summed E-state index contributed by atoms with van der Waals surface area (Å²) in [6.07, 6.45) is 2.18. The van der Waals surface area contributed by atoms with Crippen LogP contribution in [0.1, 0.15) is 34.8 Å². The molecule has 1 heterocycles. The summed E-state index contributed by atoms with van der Waals surface area (Å²) < 4.78 is 13.2. The second-order valence-electron chi connectivity index (χ2n) is 6.65. The van der Waals surface area contributed by atoms with Gasteiger partial charge >= 0.3 is 0 Å². The number of amides is 2. The molecule has 1 aliphatic heterocycles. The van der Waals surface area contributed by atoms with Crippen molar-refractivity contribution in [2.24, 2.45) is 0 Å². The SMILES string of the molecule is C=CCN(Cc1ccc(F)cc1)C(=O)[C@H](CC)N1Cc2ccccc2C1=O. The standard InChI is InChI=1S/C22H23FN2O2/c1-3-13-24(14-16-9-11-18(23)12-10-16)22(27)20(4-2)25-15-17-7-5-6-8-19(17)21(25)26/h3,5-12,20H,1,4,13-15H2,2H3/t20-/m0/s1. The molecule has 27 heavy (non-hydrogen) atoms. The van der Waals surface area contributed by atoms with Crippen molar-refractivity contribution in [1.82, 2.24) is 9.80 Å². The third kappa shape index (κ3) is 3.92. The zero-order chi connectivity index (χ0) is 19.4. The van der Waals surface area contributed by atoms with E-state index in [1.807, 2.05) is 25.1 Å². The number of rotatable bonds is 7. The second kappa shape index (κ2) is 8.16. The Labute approximate surface area is 158 Å². The van der Waals surface area contributed by atoms with Crippen LogP contribution in [0.5, 0.6) is 0 Å². The number of hydrogen-bond donors (Lipinski definition) is 0. The van der Waals surface area contributed by atoms with Crippen molar-refractivity contribution in [2.75, 3.05) is 6.54 Å². The Morgan fingerprint density at radius 2 is 1.96 bits per heavy atom. The number of carbonyl (C=O) groups excluding carboxylic acids is 2. The molecule has 0 saturated carbocycles. The minimum atomic E-state index is -0.537. The van der Waals surface area contributed by atoms with Crippen molar-refractivity contribution in [1.29, 1.82) is 0 Å². The molecule has 3 rings (SSSR count). The summed E-state index contributed by atoms with van der Waals surface area (Å²) in [6.45, 7) is 6.79. The smallest absolute Gasteiger partial charge is 0.255 e. The van der Waals surface area contributed by atoms with Crippen LogP contribution in [0.4, 0.5) is 4.39 Å². The molecule has 0 aliphatic carbocycles. The number of carbonyl (C=O) groups is 2. The number of fused-ring (bicyclic) bond motifs is 1. The number of nitrogens with zero attached hydrogens (tertiary/aromatic N) is 2. The molecular weight excluding hydrogens is 343 g/mol. The predicted octanol–water partition coefficient (Wildman–Crippen LogP) is 3.77. The molecule has 0 unspecified atom stereocenters. The topological polar surface area (TPSA) is 40.6 Å². The van der Waals surface area contributed by atoms with E-state index in [1.54, 1.807) is 34.1 Å². The highest BCUT2D eigenvalue weighted by Crippen LogP contribution is 2.26. The molecule has 2 aromatic carbocycles. The zero-order valence-corrected chi connectivity index (χ0v) is 15.4. The number of benzene rings is 2. The van der Waals surface area contributed by atoms with E-state index in [0.717, 1.165) is 11.1 Å². The fourth-order valence-electron chi connectivity index (χ4n) is 3.47. The van der Waals surface area contributed by atoms with Gasteiger partial charge in [0, 0.05) is 25.2 Å². The first-order valence-corrected chi connectivity index (χ1v) is 9.08. The van der Waals surface area contributed by atoms with Crippen molar-refractivity contribution < 1.29 is 14.0 Å². The molecule has 0 radical (unpaired) electrons. The molecule has 2 aromatic rings. The molecule has 1 atom stereocenters. The van der Waals surface area contributed by atoms with Gasteiger partial charge < -0.3 is 9.80 Å². The molecule has 0 aromatic heterocycles. The van der Waals surface area contributed by atoms with Gasteiger partial charge in [-0.15, -0.1) is 6.58 Å². The van der Waals surface area contributed by atoms with Gasteiger partial charge in [0.15, 0.2) is 0 Å². The van der Waals surface area contributed by atoms with Crippen LogP contribution in [0.25, 0.3) is 0 Å². The van der Waals surface area contributed by atoms with E-state index in [9.17, 15) is 14.0 Å². The highest BCUT2D eigenvalue weighted by Gasteiger charge is 2.36. The van der Waals surface area contributed by atoms with E-state index in [-0.39, 0.29) is 17.6 Å². The maximum atomic E-state index is 13.2. The lowest BCUT2D eigenvalue weighted by atomic mass is 10.1. The molecular formula is C22H23FN2O2. The van der Waals surface area contributed by atoms with Crippen molar-refractivity contribution in [3.63, 3.8) is 0 Å². The van der Waals surface area contributed by atoms with Gasteiger partial charge in [-0.05, 0) is 35.7 Å². The molecule has 4 nitrogen and oxygen atoms in total. The van der Waals surface area contributed by atoms with E-state index in [1.165, 1.54) is 12.1 Å². The third-order valence-electron chi connectivity index (χ3n) is 4.85. The maximum absolute atomic E-state index is 13.2. The minimum Gasteiger partial charge on any atom is -0.333 e. The quantitative estimate of drug-likeness (QED) is 0.700. The molecule has 0 saturated heterocycles. The van der Waals surface area contributed by atoms with Gasteiger partial charge in [0.25, 0.3) is 5.91 Å². The van der Waals surface area contributed by atoms with E-state index >= 15 is 0 Å². The average Bonchev–Trinajstić information content (AvgIpc) is 3.00. The van der Waals surface area contributed by atoms with Gasteiger partial charge in [-0.2, -0.15) is 0 Å². The maximum Gasteiger partial charge on any atom is 0.255 e. The van der Waals surface area contributed by atoms with E-state index in [0.29, 0.717) is 31.6 Å². The van der Waals surface area contributed by atoms with Crippen molar-refractivity contribution in [3.8, 4) is 0 Å². The van der Waals surface area contributed by atoms with Gasteiger partial charge in [0.2, 0.25) is 5.91 Å². The van der Waals surface area contributed by atoms with Crippen LogP contribution in [0.15, 0.2) is 61.2 Å². The summed E-state index contributed by atoms with van der Waals surface area (Å²) in [5.41, 5.74) is 2.44. The second-order valence-corrected chi connectivity index (χ2v) is 6.65. The molecule has 140 valence electrons. The van der Waals surface area contributed by atoms with Gasteiger partial charge in [0.05, 0.1) is 0 Å². The lowest BCUT2D eigenvalue weighted by molar-refractivity contribution is -0.136. The largest absolute Gasteiger partial charge is 0.333 e. The summed E-state index contributed by atoms with van der Waals surface area (Å²) in [4.78, 5) is 29.3. The Morgan fingerprint density at radius 1 is 1.26 bits per heavy atom. The van der Waals surface area contributed by atoms with Gasteiger partial charge in [-0.25, -0.2) is 4.39 Å². The highest BCUT2D eigenvalue weighted by atomic mass is 19.1. The molecule has 1 aliphatic rings. The average molecular weight is 366 g/mol. The lowest BCUT2D eigenvalue weighted by Gasteiger charge is -2.31. The van der Waals surface area contributed by atoms with Crippen LogP contribution in [0.3, 0.4) is 0 Å². The van der Waals surface area contributed by atoms with E-state index in [2.05, 4.69) is 6.58 Å². The van der Waals surface area contributed by atoms with Gasteiger partial charge in [0.1, 0.15) is 11.9 Å². The fraction of sp³-hybridized carbons (Fsp3) is 0.273. The van der Waals surface area contributed by atoms with Gasteiger partial charge in [-0.1, -0.05) is 43.3 Å². The fourth-order valence-corrected chi connectivity index (χ4v) is 3.47. The zero-order valence-electron chi connectivity index (χ0n) is 15.4. The van der Waals surface area contributed by atoms with Crippen molar-refractivity contribution in [2.45, 2.75) is 32.5 Å². The Bertz CT molecular complexity index is 848. The third-order valence-corrected chi connectivity index (χ3v) is 4.85. The Hall–Kier alpha value is -2.95. The first-order chi connectivity index (χ1) is 13.0. The molecule has 2 amide bonds. The highest BCUT2D eigenvalue weighted by molar-refractivity contribution is 6.01. The summed E-state index contributed by atoms with van der Waals surface area (Å²) in [7, 11) is 0. The Morgan fingerprint density at radius 3 is 2.59 bits per heavy atom. The van der Waals surface area contributed by atoms with Crippen LogP contribution in [-0.4, -0.2) is 34.2 Å². The Balaban J connectivity index is 1.80. The molecule has 0 spiro atoms. The number of halogens is 1. The predicted molar refractivity (Wildman–Crippen MR) is 102 cm³/mol. The summed E-state index contributed by atoms with van der Waals surface area (Å²) in [6, 6.07) is 13.0. The van der Waals surface area contributed by atoms with Crippen LogP contribution in [0.2, 0.25) is 0 Å². The lowest BCUT2D eigenvalue weighted by Crippen LogP contribution is -2.48. The van der Waals surface area contributed by atoms with Gasteiger partial charge in [-0.3, -0.25) is 9.59 Å². The molecule has 0 fully saturated rings. The van der Waals surface area contributed by atoms with Crippen LogP contribution < -0.4 is 0 Å². The summed E-state index contributed by atoms with van der Waals surface area (Å²) >= 11 is 0. The first kappa shape index (κ1) is 18.8. The Kier molecular flexibility index (Phi) is 5.69. The molecule has 0 N–H and O–H groups in total. The van der Waals surface area contributed by atoms with Crippen LogP contribution >= 0.6 is 0 Å². The normalized spacial score (nSPS) is 14.0. The number of hydrogen-bond acceptors (Lipinski definition) is 2. The monoisotopic (exact) mass is 366 g/mol. The van der Waals surface area contributed by atoms with Crippen molar-refractivity contribution >= 4 is 11.8 Å². The van der Waals surface area contributed by atoms with Crippen LogP contribution in [0, 0.1) is 5.82 Å². The molecule has 5 heteroatoms. The van der Waals surface area contributed by atoms with E-state index < -0.39 is 6.04 Å². The summed E-state index contributed by atoms with van der Waals surface area (Å²) in [5, 5.41) is 0. The summed E-state index contributed by atoms with van der Waals surface area (Å²) in [5.74, 6) is -0.541. The van der Waals surface area contributed by atoms with E-state index in [4.69, 9.17) is 0 Å². The van der Waals surface area contributed by atoms with Crippen molar-refractivity contribution in [3.05, 3.63) is 83.7 Å².